The largest absolute Gasteiger partial charge is 0.477 e. The Hall–Kier alpha value is -3.75. The highest BCUT2D eigenvalue weighted by Gasteiger charge is 2.55. The molecule has 0 radical (unpaired) electrons. The number of carboxylic acid groups (broad SMARTS) is 1. The zero-order valence-electron chi connectivity index (χ0n) is 18.5. The van der Waals surface area contributed by atoms with Crippen molar-refractivity contribution in [3.05, 3.63) is 77.3 Å². The molecule has 2 aliphatic rings. The number of nitrogens with one attached hydrogen (secondary N) is 1. The molecule has 1 saturated heterocycles. The SMILES string of the molecule is NC(=O)c1cc[n+](CC2=C(C(=O)O)N3C(=O)[C@@H](NC(=O)C(c4ccccc4)S(=O)(=O)O)[C@@H]3SC2)cc1. The number of fused-ring (bicyclic) bond motifs is 1. The number of benzene rings is 1. The van der Waals surface area contributed by atoms with Crippen LogP contribution in [-0.4, -0.2) is 63.8 Å². The Morgan fingerprint density at radius 3 is 2.36 bits per heavy atom. The lowest BCUT2D eigenvalue weighted by atomic mass is 10.0. The third-order valence-electron chi connectivity index (χ3n) is 5.73. The van der Waals surface area contributed by atoms with Gasteiger partial charge in [-0.2, -0.15) is 8.42 Å². The van der Waals surface area contributed by atoms with Gasteiger partial charge in [0.2, 0.25) is 11.8 Å². The molecular formula is C22H21N4O8S2+. The fourth-order valence-corrected chi connectivity index (χ4v) is 6.24. The minimum atomic E-state index is -4.85. The number of rotatable bonds is 8. The van der Waals surface area contributed by atoms with Crippen LogP contribution < -0.4 is 15.6 Å². The van der Waals surface area contributed by atoms with Crippen LogP contribution in [0.2, 0.25) is 0 Å². The van der Waals surface area contributed by atoms with E-state index in [1.165, 1.54) is 48.2 Å². The number of nitrogens with two attached hydrogens (primary N) is 1. The van der Waals surface area contributed by atoms with Crippen molar-refractivity contribution in [3.8, 4) is 0 Å². The molecule has 0 bridgehead atoms. The summed E-state index contributed by atoms with van der Waals surface area (Å²) >= 11 is 1.21. The number of carbonyl (C=O) groups is 4. The highest BCUT2D eigenvalue weighted by Crippen LogP contribution is 2.40. The topological polar surface area (TPSA) is 188 Å². The van der Waals surface area contributed by atoms with Crippen LogP contribution in [-0.2, 0) is 31.0 Å². The lowest BCUT2D eigenvalue weighted by molar-refractivity contribution is -0.689. The molecule has 1 aromatic carbocycles. The number of nitrogens with zero attached hydrogens (tertiary/aromatic N) is 2. The van der Waals surface area contributed by atoms with E-state index in [1.807, 2.05) is 0 Å². The molecule has 1 unspecified atom stereocenters. The first kappa shape index (κ1) is 25.3. The average molecular weight is 534 g/mol. The van der Waals surface area contributed by atoms with Gasteiger partial charge in [0.05, 0.1) is 5.56 Å². The maximum absolute atomic E-state index is 12.9. The van der Waals surface area contributed by atoms with E-state index in [-0.39, 0.29) is 29.1 Å². The molecule has 1 aromatic heterocycles. The van der Waals surface area contributed by atoms with Crippen molar-refractivity contribution in [3.63, 3.8) is 0 Å². The average Bonchev–Trinajstić information content (AvgIpc) is 2.82. The van der Waals surface area contributed by atoms with Crippen molar-refractivity contribution in [2.45, 2.75) is 23.2 Å². The number of thioether (sulfide) groups is 1. The van der Waals surface area contributed by atoms with E-state index >= 15 is 0 Å². The van der Waals surface area contributed by atoms with E-state index in [1.54, 1.807) is 23.0 Å². The number of carbonyl (C=O) groups excluding carboxylic acids is 3. The Kier molecular flexibility index (Phi) is 6.84. The molecule has 0 saturated carbocycles. The quantitative estimate of drug-likeness (QED) is 0.196. The van der Waals surface area contributed by atoms with Crippen molar-refractivity contribution < 1.29 is 41.8 Å². The zero-order chi connectivity index (χ0) is 26.2. The van der Waals surface area contributed by atoms with Crippen LogP contribution in [0.5, 0.6) is 0 Å². The summed E-state index contributed by atoms with van der Waals surface area (Å²) in [5.41, 5.74) is 5.73. The fraction of sp³-hybridized carbons (Fsp3) is 0.227. The molecule has 0 spiro atoms. The molecule has 188 valence electrons. The second-order valence-electron chi connectivity index (χ2n) is 8.08. The molecule has 3 atom stereocenters. The molecule has 12 nitrogen and oxygen atoms in total. The second-order valence-corrected chi connectivity index (χ2v) is 10.7. The Labute approximate surface area is 209 Å². The van der Waals surface area contributed by atoms with Gasteiger partial charge in [-0.05, 0) is 5.56 Å². The zero-order valence-corrected chi connectivity index (χ0v) is 20.1. The maximum Gasteiger partial charge on any atom is 0.352 e. The van der Waals surface area contributed by atoms with Gasteiger partial charge < -0.3 is 16.2 Å². The van der Waals surface area contributed by atoms with E-state index in [0.29, 0.717) is 5.57 Å². The predicted octanol–water partition coefficient (Wildman–Crippen LogP) is -0.559. The number of aliphatic carboxylic acids is 1. The second kappa shape index (κ2) is 9.72. The van der Waals surface area contributed by atoms with Crippen molar-refractivity contribution in [1.82, 2.24) is 10.2 Å². The summed E-state index contributed by atoms with van der Waals surface area (Å²) in [7, 11) is -4.85. The van der Waals surface area contributed by atoms with Crippen molar-refractivity contribution in [2.24, 2.45) is 5.73 Å². The first-order valence-corrected chi connectivity index (χ1v) is 13.0. The fourth-order valence-electron chi connectivity index (χ4n) is 4.07. The lowest BCUT2D eigenvalue weighted by Gasteiger charge is -2.49. The monoisotopic (exact) mass is 533 g/mol. The van der Waals surface area contributed by atoms with E-state index in [2.05, 4.69) is 5.32 Å². The highest BCUT2D eigenvalue weighted by atomic mass is 32.2. The van der Waals surface area contributed by atoms with Gasteiger partial charge in [-0.3, -0.25) is 23.8 Å². The minimum Gasteiger partial charge on any atom is -0.477 e. The lowest BCUT2D eigenvalue weighted by Crippen LogP contribution is -2.71. The smallest absolute Gasteiger partial charge is 0.352 e. The summed E-state index contributed by atoms with van der Waals surface area (Å²) in [4.78, 5) is 50.1. The number of pyridine rings is 1. The Balaban J connectivity index is 1.54. The first-order chi connectivity index (χ1) is 17.0. The molecule has 3 amide bonds. The third-order valence-corrected chi connectivity index (χ3v) is 8.16. The van der Waals surface area contributed by atoms with Crippen LogP contribution >= 0.6 is 11.8 Å². The molecule has 36 heavy (non-hydrogen) atoms. The summed E-state index contributed by atoms with van der Waals surface area (Å²) in [6.45, 7) is 0.125. The Morgan fingerprint density at radius 1 is 1.17 bits per heavy atom. The van der Waals surface area contributed by atoms with Crippen molar-refractivity contribution >= 4 is 45.6 Å². The van der Waals surface area contributed by atoms with E-state index < -0.39 is 50.5 Å². The number of amides is 3. The molecule has 14 heteroatoms. The van der Waals surface area contributed by atoms with Gasteiger partial charge in [-0.15, -0.1) is 11.8 Å². The molecule has 5 N–H and O–H groups in total. The molecule has 3 heterocycles. The molecule has 2 aliphatic heterocycles. The Morgan fingerprint density at radius 2 is 1.81 bits per heavy atom. The van der Waals surface area contributed by atoms with Crippen LogP contribution in [0.3, 0.4) is 0 Å². The van der Waals surface area contributed by atoms with Gasteiger partial charge in [0, 0.05) is 23.5 Å². The van der Waals surface area contributed by atoms with E-state index in [0.717, 1.165) is 4.90 Å². The van der Waals surface area contributed by atoms with Crippen LogP contribution in [0.15, 0.2) is 66.1 Å². The number of carboxylic acids is 1. The van der Waals surface area contributed by atoms with Crippen LogP contribution in [0.4, 0.5) is 0 Å². The summed E-state index contributed by atoms with van der Waals surface area (Å²) in [6, 6.07) is 9.12. The van der Waals surface area contributed by atoms with E-state index in [9.17, 15) is 37.3 Å². The Bertz CT molecular complexity index is 1380. The summed E-state index contributed by atoms with van der Waals surface area (Å²) in [5.74, 6) is -3.53. The number of β-lactam (4-membered cyclic amide) rings is 1. The van der Waals surface area contributed by atoms with Crippen LogP contribution in [0.25, 0.3) is 0 Å². The molecule has 2 aromatic rings. The molecule has 1 fully saturated rings. The molecule has 4 rings (SSSR count). The summed E-state index contributed by atoms with van der Waals surface area (Å²) in [6.07, 6.45) is 3.12. The molecular weight excluding hydrogens is 512 g/mol. The van der Waals surface area contributed by atoms with Crippen molar-refractivity contribution in [2.75, 3.05) is 5.75 Å². The van der Waals surface area contributed by atoms with Crippen LogP contribution in [0.1, 0.15) is 21.2 Å². The maximum atomic E-state index is 12.9. The van der Waals surface area contributed by atoms with Gasteiger partial charge in [-0.1, -0.05) is 30.3 Å². The summed E-state index contributed by atoms with van der Waals surface area (Å²) in [5, 5.41) is 9.47. The summed E-state index contributed by atoms with van der Waals surface area (Å²) < 4.78 is 35.1. The minimum absolute atomic E-state index is 0.0187. The van der Waals surface area contributed by atoms with Gasteiger partial charge in [0.1, 0.15) is 17.1 Å². The first-order valence-electron chi connectivity index (χ1n) is 10.5. The number of hydrogen-bond acceptors (Lipinski definition) is 7. The van der Waals surface area contributed by atoms with Crippen LogP contribution in [0, 0.1) is 0 Å². The number of hydrogen-bond donors (Lipinski definition) is 4. The van der Waals surface area contributed by atoms with Gasteiger partial charge in [0.25, 0.3) is 16.0 Å². The van der Waals surface area contributed by atoms with Gasteiger partial charge in [0.15, 0.2) is 24.2 Å². The predicted molar refractivity (Wildman–Crippen MR) is 126 cm³/mol. The van der Waals surface area contributed by atoms with Crippen molar-refractivity contribution in [1.29, 1.82) is 0 Å². The normalized spacial score (nSPS) is 20.2. The third kappa shape index (κ3) is 4.82. The number of aromatic nitrogens is 1. The van der Waals surface area contributed by atoms with Gasteiger partial charge in [-0.25, -0.2) is 9.36 Å². The molecule has 0 aliphatic carbocycles. The number of primary amides is 1. The van der Waals surface area contributed by atoms with E-state index in [4.69, 9.17) is 5.73 Å². The standard InChI is InChI=1S/C22H20N4O8S2/c23-18(27)13-6-8-25(9-7-13)10-14-11-35-21-15(20(29)26(21)16(14)22(30)31)24-19(28)17(36(32,33)34)12-4-2-1-3-5-12/h1-9,15,17,21H,10-11H2,(H4-,23,24,27,28,30,31,32,33,34)/p+1/t15-,17?,21+/m1/s1. The van der Waals surface area contributed by atoms with Gasteiger partial charge >= 0.3 is 5.97 Å². The highest BCUT2D eigenvalue weighted by molar-refractivity contribution is 8.00.